The lowest BCUT2D eigenvalue weighted by atomic mass is 9.87. The van der Waals surface area contributed by atoms with Crippen LogP contribution in [0.1, 0.15) is 61.4 Å². The SMILES string of the molecule is C=CC[C@@H]1c2cc(CO)c(CO)cc2CCN1C(=O)CCC(C)C. The molecular formula is C20H29NO3. The van der Waals surface area contributed by atoms with Crippen LogP contribution in [0, 0.1) is 5.92 Å². The van der Waals surface area contributed by atoms with Crippen LogP contribution in [-0.2, 0) is 24.4 Å². The van der Waals surface area contributed by atoms with Crippen LogP contribution in [0.15, 0.2) is 24.8 Å². The average molecular weight is 331 g/mol. The number of fused-ring (bicyclic) bond motifs is 1. The van der Waals surface area contributed by atoms with Crippen LogP contribution >= 0.6 is 0 Å². The van der Waals surface area contributed by atoms with Gasteiger partial charge in [0.15, 0.2) is 0 Å². The van der Waals surface area contributed by atoms with Crippen LogP contribution in [0.2, 0.25) is 0 Å². The predicted molar refractivity (Wildman–Crippen MR) is 95.3 cm³/mol. The summed E-state index contributed by atoms with van der Waals surface area (Å²) in [7, 11) is 0. The summed E-state index contributed by atoms with van der Waals surface area (Å²) in [4.78, 5) is 14.6. The Hall–Kier alpha value is -1.65. The molecule has 4 nitrogen and oxygen atoms in total. The molecule has 0 fully saturated rings. The Morgan fingerprint density at radius 1 is 1.33 bits per heavy atom. The fourth-order valence-electron chi connectivity index (χ4n) is 3.41. The maximum absolute atomic E-state index is 12.7. The van der Waals surface area contributed by atoms with E-state index >= 15 is 0 Å². The molecule has 1 aromatic rings. The highest BCUT2D eigenvalue weighted by Gasteiger charge is 2.30. The minimum Gasteiger partial charge on any atom is -0.392 e. The average Bonchev–Trinajstić information content (AvgIpc) is 2.58. The van der Waals surface area contributed by atoms with Gasteiger partial charge in [-0.1, -0.05) is 32.1 Å². The van der Waals surface area contributed by atoms with E-state index in [2.05, 4.69) is 20.4 Å². The summed E-state index contributed by atoms with van der Waals surface area (Å²) in [6.07, 6.45) is 4.80. The van der Waals surface area contributed by atoms with E-state index in [1.807, 2.05) is 23.1 Å². The van der Waals surface area contributed by atoms with Crippen LogP contribution in [0.5, 0.6) is 0 Å². The zero-order chi connectivity index (χ0) is 17.7. The van der Waals surface area contributed by atoms with Gasteiger partial charge in [-0.05, 0) is 47.4 Å². The van der Waals surface area contributed by atoms with E-state index in [4.69, 9.17) is 0 Å². The third-order valence-electron chi connectivity index (χ3n) is 4.81. The first-order valence-electron chi connectivity index (χ1n) is 8.78. The predicted octanol–water partition coefficient (Wildman–Crippen LogP) is 3.11. The topological polar surface area (TPSA) is 60.8 Å². The molecule has 4 heteroatoms. The van der Waals surface area contributed by atoms with Gasteiger partial charge in [0.1, 0.15) is 0 Å². The van der Waals surface area contributed by atoms with Crippen molar-refractivity contribution in [3.63, 3.8) is 0 Å². The number of hydrogen-bond acceptors (Lipinski definition) is 3. The van der Waals surface area contributed by atoms with Gasteiger partial charge in [-0.2, -0.15) is 0 Å². The first kappa shape index (κ1) is 18.7. The number of amides is 1. The quantitative estimate of drug-likeness (QED) is 0.755. The number of carbonyl (C=O) groups is 1. The van der Waals surface area contributed by atoms with Crippen LogP contribution in [0.25, 0.3) is 0 Å². The zero-order valence-corrected chi connectivity index (χ0v) is 14.8. The van der Waals surface area contributed by atoms with E-state index in [1.165, 1.54) is 0 Å². The van der Waals surface area contributed by atoms with E-state index in [0.29, 0.717) is 25.3 Å². The van der Waals surface area contributed by atoms with Crippen molar-refractivity contribution in [2.24, 2.45) is 5.92 Å². The van der Waals surface area contributed by atoms with Crippen LogP contribution in [-0.4, -0.2) is 27.6 Å². The van der Waals surface area contributed by atoms with Crippen molar-refractivity contribution in [1.82, 2.24) is 4.90 Å². The molecule has 1 aromatic carbocycles. The fourth-order valence-corrected chi connectivity index (χ4v) is 3.41. The highest BCUT2D eigenvalue weighted by atomic mass is 16.3. The molecule has 0 saturated heterocycles. The largest absolute Gasteiger partial charge is 0.392 e. The normalized spacial score (nSPS) is 17.0. The molecule has 1 atom stereocenters. The molecule has 0 aromatic heterocycles. The molecule has 0 unspecified atom stereocenters. The lowest BCUT2D eigenvalue weighted by Crippen LogP contribution is -2.40. The summed E-state index contributed by atoms with van der Waals surface area (Å²) in [5.41, 5.74) is 3.76. The number of rotatable bonds is 7. The van der Waals surface area contributed by atoms with Gasteiger partial charge in [0.2, 0.25) is 5.91 Å². The zero-order valence-electron chi connectivity index (χ0n) is 14.8. The van der Waals surface area contributed by atoms with Gasteiger partial charge in [0.05, 0.1) is 19.3 Å². The van der Waals surface area contributed by atoms with E-state index < -0.39 is 0 Å². The third kappa shape index (κ3) is 4.05. The standard InChI is InChI=1S/C20H29NO3/c1-4-5-19-18-11-17(13-23)16(12-22)10-15(18)8-9-21(19)20(24)7-6-14(2)3/h4,10-11,14,19,22-23H,1,5-9,12-13H2,2-3H3/t19-/m1/s1. The third-order valence-corrected chi connectivity index (χ3v) is 4.81. The van der Waals surface area contributed by atoms with E-state index in [9.17, 15) is 15.0 Å². The number of hydrogen-bond donors (Lipinski definition) is 2. The lowest BCUT2D eigenvalue weighted by Gasteiger charge is -2.38. The second-order valence-electron chi connectivity index (χ2n) is 6.95. The van der Waals surface area contributed by atoms with Crippen LogP contribution < -0.4 is 0 Å². The van der Waals surface area contributed by atoms with Crippen molar-refractivity contribution in [3.8, 4) is 0 Å². The molecule has 1 amide bonds. The van der Waals surface area contributed by atoms with Crippen molar-refractivity contribution >= 4 is 5.91 Å². The molecule has 0 spiro atoms. The summed E-state index contributed by atoms with van der Waals surface area (Å²) in [5, 5.41) is 19.1. The number of aliphatic hydroxyl groups is 2. The number of carbonyl (C=O) groups excluding carboxylic acids is 1. The first-order valence-corrected chi connectivity index (χ1v) is 8.78. The molecular weight excluding hydrogens is 302 g/mol. The first-order chi connectivity index (χ1) is 11.5. The smallest absolute Gasteiger partial charge is 0.223 e. The van der Waals surface area contributed by atoms with Crippen molar-refractivity contribution in [3.05, 3.63) is 47.0 Å². The molecule has 1 heterocycles. The fraction of sp³-hybridized carbons (Fsp3) is 0.550. The van der Waals surface area contributed by atoms with Crippen molar-refractivity contribution in [1.29, 1.82) is 0 Å². The van der Waals surface area contributed by atoms with Gasteiger partial charge >= 0.3 is 0 Å². The number of aliphatic hydroxyl groups excluding tert-OH is 2. The lowest BCUT2D eigenvalue weighted by molar-refractivity contribution is -0.134. The molecule has 1 aliphatic rings. The summed E-state index contributed by atoms with van der Waals surface area (Å²) < 4.78 is 0. The molecule has 1 aliphatic heterocycles. The monoisotopic (exact) mass is 331 g/mol. The van der Waals surface area contributed by atoms with E-state index in [1.54, 1.807) is 0 Å². The summed E-state index contributed by atoms with van der Waals surface area (Å²) in [6, 6.07) is 3.91. The summed E-state index contributed by atoms with van der Waals surface area (Å²) in [6.45, 7) is 8.62. The maximum Gasteiger partial charge on any atom is 0.223 e. The second kappa shape index (κ2) is 8.45. The second-order valence-corrected chi connectivity index (χ2v) is 6.95. The Bertz CT molecular complexity index is 595. The molecule has 0 bridgehead atoms. The van der Waals surface area contributed by atoms with E-state index in [-0.39, 0.29) is 25.2 Å². The van der Waals surface area contributed by atoms with Gasteiger partial charge in [0, 0.05) is 13.0 Å². The minimum atomic E-state index is -0.106. The summed E-state index contributed by atoms with van der Waals surface area (Å²) >= 11 is 0. The summed E-state index contributed by atoms with van der Waals surface area (Å²) in [5.74, 6) is 0.704. The Morgan fingerprint density at radius 3 is 2.58 bits per heavy atom. The van der Waals surface area contributed by atoms with Crippen molar-refractivity contribution < 1.29 is 15.0 Å². The highest BCUT2D eigenvalue weighted by molar-refractivity contribution is 5.77. The maximum atomic E-state index is 12.7. The minimum absolute atomic E-state index is 0.0241. The van der Waals surface area contributed by atoms with Gasteiger partial charge in [0.25, 0.3) is 0 Å². The molecule has 0 radical (unpaired) electrons. The molecule has 0 saturated carbocycles. The van der Waals surface area contributed by atoms with Crippen molar-refractivity contribution in [2.75, 3.05) is 6.54 Å². The Balaban J connectivity index is 2.33. The molecule has 24 heavy (non-hydrogen) atoms. The van der Waals surface area contributed by atoms with Gasteiger partial charge in [-0.15, -0.1) is 6.58 Å². The van der Waals surface area contributed by atoms with Crippen LogP contribution in [0.4, 0.5) is 0 Å². The van der Waals surface area contributed by atoms with Gasteiger partial charge < -0.3 is 15.1 Å². The van der Waals surface area contributed by atoms with Gasteiger partial charge in [-0.25, -0.2) is 0 Å². The number of nitrogens with zero attached hydrogens (tertiary/aromatic N) is 1. The molecule has 2 rings (SSSR count). The van der Waals surface area contributed by atoms with Gasteiger partial charge in [-0.3, -0.25) is 4.79 Å². The van der Waals surface area contributed by atoms with E-state index in [0.717, 1.165) is 35.1 Å². The van der Waals surface area contributed by atoms with Crippen molar-refractivity contribution in [2.45, 2.75) is 58.8 Å². The molecule has 2 N–H and O–H groups in total. The Morgan fingerprint density at radius 2 is 2.00 bits per heavy atom. The Labute approximate surface area is 144 Å². The van der Waals surface area contributed by atoms with Crippen LogP contribution in [0.3, 0.4) is 0 Å². The number of benzene rings is 1. The molecule has 0 aliphatic carbocycles. The molecule has 132 valence electrons. The Kier molecular flexibility index (Phi) is 6.58. The highest BCUT2D eigenvalue weighted by Crippen LogP contribution is 2.35.